The summed E-state index contributed by atoms with van der Waals surface area (Å²) in [6.07, 6.45) is 3.16. The zero-order valence-electron chi connectivity index (χ0n) is 8.51. The lowest BCUT2D eigenvalue weighted by molar-refractivity contribution is 0.0687. The van der Waals surface area contributed by atoms with Gasteiger partial charge in [0.2, 0.25) is 0 Å². The van der Waals surface area contributed by atoms with Crippen molar-refractivity contribution in [3.05, 3.63) is 46.9 Å². The first kappa shape index (κ1) is 10.7. The van der Waals surface area contributed by atoms with E-state index in [9.17, 15) is 4.79 Å². The van der Waals surface area contributed by atoms with Crippen molar-refractivity contribution < 1.29 is 9.90 Å². The summed E-state index contributed by atoms with van der Waals surface area (Å²) in [7, 11) is 0. The molecular formula is C11H9ClN2O2. The van der Waals surface area contributed by atoms with Crippen LogP contribution in [0.5, 0.6) is 0 Å². The van der Waals surface area contributed by atoms with Crippen molar-refractivity contribution in [2.45, 2.75) is 6.92 Å². The van der Waals surface area contributed by atoms with E-state index in [1.165, 1.54) is 10.8 Å². The second kappa shape index (κ2) is 3.98. The van der Waals surface area contributed by atoms with Gasteiger partial charge in [-0.1, -0.05) is 11.6 Å². The number of aryl methyl sites for hydroxylation is 1. The molecule has 0 atom stereocenters. The zero-order valence-corrected chi connectivity index (χ0v) is 9.27. The van der Waals surface area contributed by atoms with Crippen LogP contribution >= 0.6 is 11.6 Å². The summed E-state index contributed by atoms with van der Waals surface area (Å²) in [5.74, 6) is -0.436. The maximum Gasteiger partial charge on any atom is 0.353 e. The van der Waals surface area contributed by atoms with E-state index in [0.29, 0.717) is 16.4 Å². The third-order valence-corrected chi connectivity index (χ3v) is 2.47. The molecule has 0 bridgehead atoms. The number of carboxylic acid groups (broad SMARTS) is 1. The van der Waals surface area contributed by atoms with Gasteiger partial charge in [-0.05, 0) is 30.7 Å². The van der Waals surface area contributed by atoms with E-state index >= 15 is 0 Å². The summed E-state index contributed by atoms with van der Waals surface area (Å²) in [6.45, 7) is 1.75. The van der Waals surface area contributed by atoms with Gasteiger partial charge in [-0.2, -0.15) is 0 Å². The molecule has 0 radical (unpaired) electrons. The second-order valence-electron chi connectivity index (χ2n) is 3.36. The highest BCUT2D eigenvalue weighted by atomic mass is 35.5. The van der Waals surface area contributed by atoms with Gasteiger partial charge in [0, 0.05) is 12.4 Å². The number of aromatic nitrogens is 2. The van der Waals surface area contributed by atoms with Gasteiger partial charge in [0.05, 0.1) is 5.02 Å². The van der Waals surface area contributed by atoms with Crippen molar-refractivity contribution >= 4 is 17.6 Å². The molecule has 0 unspecified atom stereocenters. The minimum absolute atomic E-state index is 0.217. The van der Waals surface area contributed by atoms with Gasteiger partial charge < -0.3 is 5.11 Å². The van der Waals surface area contributed by atoms with Gasteiger partial charge in [0.15, 0.2) is 0 Å². The normalized spacial score (nSPS) is 10.4. The number of carbonyl (C=O) groups is 1. The number of halogens is 1. The molecular weight excluding hydrogens is 228 g/mol. The average Bonchev–Trinajstić information content (AvgIpc) is 2.61. The van der Waals surface area contributed by atoms with Crippen LogP contribution in [-0.2, 0) is 0 Å². The third-order valence-electron chi connectivity index (χ3n) is 2.25. The molecule has 0 saturated carbocycles. The van der Waals surface area contributed by atoms with Crippen LogP contribution < -0.4 is 0 Å². The monoisotopic (exact) mass is 236 g/mol. The summed E-state index contributed by atoms with van der Waals surface area (Å²) >= 11 is 5.72. The molecule has 0 aromatic carbocycles. The van der Waals surface area contributed by atoms with Crippen molar-refractivity contribution in [3.8, 4) is 5.82 Å². The van der Waals surface area contributed by atoms with Crippen LogP contribution in [0.2, 0.25) is 5.02 Å². The Morgan fingerprint density at radius 2 is 2.19 bits per heavy atom. The van der Waals surface area contributed by atoms with E-state index in [1.807, 2.05) is 0 Å². The SMILES string of the molecule is Cc1ccn(-c2ccc(Cl)cn2)c1C(=O)O. The highest BCUT2D eigenvalue weighted by Crippen LogP contribution is 2.16. The lowest BCUT2D eigenvalue weighted by atomic mass is 10.3. The first-order chi connectivity index (χ1) is 7.59. The number of pyridine rings is 1. The Morgan fingerprint density at radius 3 is 2.75 bits per heavy atom. The molecule has 1 N–H and O–H groups in total. The Balaban J connectivity index is 2.56. The standard InChI is InChI=1S/C11H9ClN2O2/c1-7-4-5-14(10(7)11(15)16)9-3-2-8(12)6-13-9/h2-6H,1H3,(H,15,16). The van der Waals surface area contributed by atoms with Crippen LogP contribution in [0.4, 0.5) is 0 Å². The minimum atomic E-state index is -0.973. The Kier molecular flexibility index (Phi) is 2.66. The predicted molar refractivity (Wildman–Crippen MR) is 60.3 cm³/mol. The quantitative estimate of drug-likeness (QED) is 0.872. The lowest BCUT2D eigenvalue weighted by Crippen LogP contribution is -2.08. The molecule has 0 aliphatic rings. The van der Waals surface area contributed by atoms with Gasteiger partial charge in [0.25, 0.3) is 0 Å². The Labute approximate surface area is 97.1 Å². The van der Waals surface area contributed by atoms with Crippen molar-refractivity contribution in [3.63, 3.8) is 0 Å². The molecule has 0 saturated heterocycles. The minimum Gasteiger partial charge on any atom is -0.477 e. The molecule has 16 heavy (non-hydrogen) atoms. The highest BCUT2D eigenvalue weighted by molar-refractivity contribution is 6.30. The maximum atomic E-state index is 11.1. The van der Waals surface area contributed by atoms with Gasteiger partial charge in [-0.25, -0.2) is 9.78 Å². The number of hydrogen-bond donors (Lipinski definition) is 1. The molecule has 2 heterocycles. The summed E-state index contributed by atoms with van der Waals surface area (Å²) in [5, 5.41) is 9.59. The molecule has 0 aliphatic carbocycles. The predicted octanol–water partition coefficient (Wildman–Crippen LogP) is 2.53. The van der Waals surface area contributed by atoms with Gasteiger partial charge in [0.1, 0.15) is 11.5 Å². The van der Waals surface area contributed by atoms with Crippen molar-refractivity contribution in [1.29, 1.82) is 0 Å². The van der Waals surface area contributed by atoms with Gasteiger partial charge in [-0.3, -0.25) is 4.57 Å². The van der Waals surface area contributed by atoms with E-state index in [-0.39, 0.29) is 5.69 Å². The zero-order chi connectivity index (χ0) is 11.7. The highest BCUT2D eigenvalue weighted by Gasteiger charge is 2.14. The van der Waals surface area contributed by atoms with Gasteiger partial charge >= 0.3 is 5.97 Å². The Hall–Kier alpha value is -1.81. The van der Waals surface area contributed by atoms with E-state index in [0.717, 1.165) is 0 Å². The van der Waals surface area contributed by atoms with Crippen LogP contribution in [0.25, 0.3) is 5.82 Å². The maximum absolute atomic E-state index is 11.1. The number of carboxylic acids is 1. The molecule has 0 spiro atoms. The third kappa shape index (κ3) is 1.79. The molecule has 5 heteroatoms. The average molecular weight is 237 g/mol. The van der Waals surface area contributed by atoms with E-state index < -0.39 is 5.97 Å². The Bertz CT molecular complexity index is 531. The molecule has 0 fully saturated rings. The first-order valence-electron chi connectivity index (χ1n) is 4.63. The molecule has 2 rings (SSSR count). The summed E-state index contributed by atoms with van der Waals surface area (Å²) in [4.78, 5) is 15.1. The summed E-state index contributed by atoms with van der Waals surface area (Å²) in [6, 6.07) is 5.08. The van der Waals surface area contributed by atoms with Crippen LogP contribution in [0.1, 0.15) is 16.1 Å². The number of rotatable bonds is 2. The molecule has 0 aliphatic heterocycles. The first-order valence-corrected chi connectivity index (χ1v) is 5.00. The van der Waals surface area contributed by atoms with Crippen molar-refractivity contribution in [2.75, 3.05) is 0 Å². The molecule has 4 nitrogen and oxygen atoms in total. The van der Waals surface area contributed by atoms with E-state index in [4.69, 9.17) is 16.7 Å². The second-order valence-corrected chi connectivity index (χ2v) is 3.79. The van der Waals surface area contributed by atoms with Crippen LogP contribution in [0, 0.1) is 6.92 Å². The fraction of sp³-hybridized carbons (Fsp3) is 0.0909. The molecule has 82 valence electrons. The number of aromatic carboxylic acids is 1. The Morgan fingerprint density at radius 1 is 1.44 bits per heavy atom. The fourth-order valence-electron chi connectivity index (χ4n) is 1.50. The van der Waals surface area contributed by atoms with Crippen molar-refractivity contribution in [1.82, 2.24) is 9.55 Å². The number of hydrogen-bond acceptors (Lipinski definition) is 2. The topological polar surface area (TPSA) is 55.1 Å². The van der Waals surface area contributed by atoms with E-state index in [2.05, 4.69) is 4.98 Å². The largest absolute Gasteiger partial charge is 0.477 e. The smallest absolute Gasteiger partial charge is 0.353 e. The van der Waals surface area contributed by atoms with Crippen LogP contribution in [0.3, 0.4) is 0 Å². The van der Waals surface area contributed by atoms with Crippen LogP contribution in [-0.4, -0.2) is 20.6 Å². The molecule has 2 aromatic heterocycles. The number of nitrogens with zero attached hydrogens (tertiary/aromatic N) is 2. The lowest BCUT2D eigenvalue weighted by Gasteiger charge is -2.05. The van der Waals surface area contributed by atoms with Crippen molar-refractivity contribution in [2.24, 2.45) is 0 Å². The summed E-state index contributed by atoms with van der Waals surface area (Å²) in [5.41, 5.74) is 0.916. The van der Waals surface area contributed by atoms with E-state index in [1.54, 1.807) is 31.3 Å². The van der Waals surface area contributed by atoms with Gasteiger partial charge in [-0.15, -0.1) is 0 Å². The summed E-state index contributed by atoms with van der Waals surface area (Å²) < 4.78 is 1.52. The fourth-order valence-corrected chi connectivity index (χ4v) is 1.61. The molecule has 0 amide bonds. The van der Waals surface area contributed by atoms with Crippen LogP contribution in [0.15, 0.2) is 30.6 Å². The molecule has 2 aromatic rings.